The van der Waals surface area contributed by atoms with Gasteiger partial charge in [0.15, 0.2) is 0 Å². The molecule has 17 heavy (non-hydrogen) atoms. The Hall–Kier alpha value is -1.02. The average Bonchev–Trinajstić information content (AvgIpc) is 2.34. The molecule has 0 amide bonds. The van der Waals surface area contributed by atoms with E-state index in [1.54, 1.807) is 0 Å². The Morgan fingerprint density at radius 3 is 2.35 bits per heavy atom. The standard InChI is InChI=1S/C15H26N2/c1-6-11-17(12(2)3)15-10-8-7-9-14(15)13(4)16-5/h7-10,12-13,16H,6,11H2,1-5H3. The van der Waals surface area contributed by atoms with E-state index in [4.69, 9.17) is 0 Å². The fourth-order valence-corrected chi connectivity index (χ4v) is 2.17. The highest BCUT2D eigenvalue weighted by molar-refractivity contribution is 5.55. The SMILES string of the molecule is CCCN(c1ccccc1C(C)NC)C(C)C. The normalized spacial score (nSPS) is 12.8. The highest BCUT2D eigenvalue weighted by Crippen LogP contribution is 2.27. The molecule has 1 aromatic rings. The summed E-state index contributed by atoms with van der Waals surface area (Å²) in [5.74, 6) is 0. The summed E-state index contributed by atoms with van der Waals surface area (Å²) in [6.45, 7) is 10.1. The molecule has 1 atom stereocenters. The van der Waals surface area contributed by atoms with Gasteiger partial charge in [0.05, 0.1) is 0 Å². The third kappa shape index (κ3) is 3.47. The number of benzene rings is 1. The molecular formula is C15H26N2. The number of hydrogen-bond donors (Lipinski definition) is 1. The zero-order valence-corrected chi connectivity index (χ0v) is 11.8. The van der Waals surface area contributed by atoms with E-state index >= 15 is 0 Å². The van der Waals surface area contributed by atoms with Crippen LogP contribution in [-0.2, 0) is 0 Å². The van der Waals surface area contributed by atoms with Crippen LogP contribution in [0.4, 0.5) is 5.69 Å². The van der Waals surface area contributed by atoms with Gasteiger partial charge >= 0.3 is 0 Å². The van der Waals surface area contributed by atoms with Crippen LogP contribution >= 0.6 is 0 Å². The minimum Gasteiger partial charge on any atom is -0.369 e. The summed E-state index contributed by atoms with van der Waals surface area (Å²) >= 11 is 0. The van der Waals surface area contributed by atoms with Gasteiger partial charge in [-0.15, -0.1) is 0 Å². The molecule has 0 aliphatic heterocycles. The van der Waals surface area contributed by atoms with Crippen molar-refractivity contribution in [1.82, 2.24) is 5.32 Å². The van der Waals surface area contributed by atoms with Gasteiger partial charge in [-0.2, -0.15) is 0 Å². The molecule has 96 valence electrons. The van der Waals surface area contributed by atoms with Crippen LogP contribution in [0.5, 0.6) is 0 Å². The Labute approximate surface area is 106 Å². The van der Waals surface area contributed by atoms with Gasteiger partial charge in [0, 0.05) is 24.3 Å². The minimum absolute atomic E-state index is 0.393. The van der Waals surface area contributed by atoms with E-state index in [1.807, 2.05) is 7.05 Å². The van der Waals surface area contributed by atoms with Crippen LogP contribution < -0.4 is 10.2 Å². The predicted octanol–water partition coefficient (Wildman–Crippen LogP) is 3.59. The first-order valence-corrected chi connectivity index (χ1v) is 6.64. The summed E-state index contributed by atoms with van der Waals surface area (Å²) in [5.41, 5.74) is 2.75. The van der Waals surface area contributed by atoms with Crippen molar-refractivity contribution in [2.75, 3.05) is 18.5 Å². The minimum atomic E-state index is 0.393. The summed E-state index contributed by atoms with van der Waals surface area (Å²) in [4.78, 5) is 2.49. The monoisotopic (exact) mass is 234 g/mol. The zero-order chi connectivity index (χ0) is 12.8. The first-order chi connectivity index (χ1) is 8.11. The molecular weight excluding hydrogens is 208 g/mol. The van der Waals surface area contributed by atoms with E-state index in [2.05, 4.69) is 62.2 Å². The fourth-order valence-electron chi connectivity index (χ4n) is 2.17. The first-order valence-electron chi connectivity index (χ1n) is 6.64. The lowest BCUT2D eigenvalue weighted by Crippen LogP contribution is -2.33. The third-order valence-electron chi connectivity index (χ3n) is 3.23. The topological polar surface area (TPSA) is 15.3 Å². The third-order valence-corrected chi connectivity index (χ3v) is 3.23. The molecule has 0 aromatic heterocycles. The van der Waals surface area contributed by atoms with E-state index in [1.165, 1.54) is 17.7 Å². The summed E-state index contributed by atoms with van der Waals surface area (Å²) in [6, 6.07) is 9.65. The van der Waals surface area contributed by atoms with Crippen LogP contribution in [0.25, 0.3) is 0 Å². The fraction of sp³-hybridized carbons (Fsp3) is 0.600. The number of para-hydroxylation sites is 1. The molecule has 1 unspecified atom stereocenters. The van der Waals surface area contributed by atoms with Crippen molar-refractivity contribution in [3.63, 3.8) is 0 Å². The van der Waals surface area contributed by atoms with Crippen LogP contribution in [0.2, 0.25) is 0 Å². The molecule has 0 saturated carbocycles. The van der Waals surface area contributed by atoms with Crippen LogP contribution in [-0.4, -0.2) is 19.6 Å². The highest BCUT2D eigenvalue weighted by atomic mass is 15.2. The van der Waals surface area contributed by atoms with Crippen molar-refractivity contribution in [2.24, 2.45) is 0 Å². The number of nitrogens with one attached hydrogen (secondary N) is 1. The van der Waals surface area contributed by atoms with E-state index in [0.29, 0.717) is 12.1 Å². The van der Waals surface area contributed by atoms with Crippen molar-refractivity contribution in [3.05, 3.63) is 29.8 Å². The van der Waals surface area contributed by atoms with E-state index in [-0.39, 0.29) is 0 Å². The van der Waals surface area contributed by atoms with Crippen molar-refractivity contribution in [1.29, 1.82) is 0 Å². The van der Waals surface area contributed by atoms with Crippen molar-refractivity contribution >= 4 is 5.69 Å². The van der Waals surface area contributed by atoms with E-state index < -0.39 is 0 Å². The van der Waals surface area contributed by atoms with Crippen LogP contribution in [0, 0.1) is 0 Å². The van der Waals surface area contributed by atoms with Crippen LogP contribution in [0.1, 0.15) is 45.7 Å². The van der Waals surface area contributed by atoms with Gasteiger partial charge in [0.25, 0.3) is 0 Å². The van der Waals surface area contributed by atoms with Gasteiger partial charge in [0.1, 0.15) is 0 Å². The Morgan fingerprint density at radius 2 is 1.82 bits per heavy atom. The maximum Gasteiger partial charge on any atom is 0.0416 e. The lowest BCUT2D eigenvalue weighted by molar-refractivity contribution is 0.628. The lowest BCUT2D eigenvalue weighted by Gasteiger charge is -2.32. The summed E-state index contributed by atoms with van der Waals surface area (Å²) in [5, 5.41) is 3.33. The second-order valence-corrected chi connectivity index (χ2v) is 4.86. The molecule has 1 N–H and O–H groups in total. The van der Waals surface area contributed by atoms with Gasteiger partial charge in [-0.05, 0) is 45.9 Å². The first kappa shape index (κ1) is 14.0. The molecule has 2 heteroatoms. The molecule has 0 aliphatic rings. The van der Waals surface area contributed by atoms with Crippen molar-refractivity contribution in [2.45, 2.75) is 46.2 Å². The summed E-state index contributed by atoms with van der Waals surface area (Å²) in [7, 11) is 2.01. The van der Waals surface area contributed by atoms with Gasteiger partial charge in [-0.3, -0.25) is 0 Å². The van der Waals surface area contributed by atoms with Crippen LogP contribution in [0.15, 0.2) is 24.3 Å². The van der Waals surface area contributed by atoms with Crippen molar-refractivity contribution in [3.8, 4) is 0 Å². The van der Waals surface area contributed by atoms with Gasteiger partial charge < -0.3 is 10.2 Å². The number of anilines is 1. The van der Waals surface area contributed by atoms with Crippen LogP contribution in [0.3, 0.4) is 0 Å². The molecule has 2 nitrogen and oxygen atoms in total. The van der Waals surface area contributed by atoms with E-state index in [9.17, 15) is 0 Å². The molecule has 0 bridgehead atoms. The van der Waals surface area contributed by atoms with E-state index in [0.717, 1.165) is 6.54 Å². The van der Waals surface area contributed by atoms with Crippen molar-refractivity contribution < 1.29 is 0 Å². The largest absolute Gasteiger partial charge is 0.369 e. The highest BCUT2D eigenvalue weighted by Gasteiger charge is 2.15. The predicted molar refractivity (Wildman–Crippen MR) is 76.7 cm³/mol. The second kappa shape index (κ2) is 6.65. The molecule has 0 saturated heterocycles. The maximum absolute atomic E-state index is 3.33. The second-order valence-electron chi connectivity index (χ2n) is 4.86. The smallest absolute Gasteiger partial charge is 0.0416 e. The Morgan fingerprint density at radius 1 is 1.18 bits per heavy atom. The average molecular weight is 234 g/mol. The summed E-state index contributed by atoms with van der Waals surface area (Å²) < 4.78 is 0. The Kier molecular flexibility index (Phi) is 5.49. The number of nitrogens with zero attached hydrogens (tertiary/aromatic N) is 1. The molecule has 0 aliphatic carbocycles. The molecule has 0 spiro atoms. The lowest BCUT2D eigenvalue weighted by atomic mass is 10.0. The van der Waals surface area contributed by atoms with Gasteiger partial charge in [0.2, 0.25) is 0 Å². The molecule has 1 rings (SSSR count). The molecule has 0 fully saturated rings. The van der Waals surface area contributed by atoms with Gasteiger partial charge in [-0.25, -0.2) is 0 Å². The quantitative estimate of drug-likeness (QED) is 0.809. The summed E-state index contributed by atoms with van der Waals surface area (Å²) in [6.07, 6.45) is 1.18. The Bertz CT molecular complexity index is 333. The number of rotatable bonds is 6. The molecule has 0 heterocycles. The number of hydrogen-bond acceptors (Lipinski definition) is 2. The zero-order valence-electron chi connectivity index (χ0n) is 11.8. The van der Waals surface area contributed by atoms with Gasteiger partial charge in [-0.1, -0.05) is 25.1 Å². The molecule has 0 radical (unpaired) electrons. The molecule has 1 aromatic carbocycles. The maximum atomic E-state index is 3.33. The Balaban J connectivity index is 3.09.